The van der Waals surface area contributed by atoms with Crippen molar-refractivity contribution in [1.29, 1.82) is 0 Å². The molecule has 24 heavy (non-hydrogen) atoms. The van der Waals surface area contributed by atoms with Crippen LogP contribution in [-0.4, -0.2) is 75.3 Å². The summed E-state index contributed by atoms with van der Waals surface area (Å²) in [6, 6.07) is 0. The minimum Gasteiger partial charge on any atom is -0.387 e. The number of hydrogen-bond donors (Lipinski definition) is 5. The number of H-pyrrole nitrogens is 1. The Morgan fingerprint density at radius 3 is 2.54 bits per heavy atom. The van der Waals surface area contributed by atoms with Gasteiger partial charge in [-0.25, -0.2) is 4.98 Å². The van der Waals surface area contributed by atoms with Crippen molar-refractivity contribution in [2.45, 2.75) is 42.9 Å². The van der Waals surface area contributed by atoms with Crippen LogP contribution in [0.5, 0.6) is 0 Å². The standard InChI is InChI=1S/C13H19N3O7S/c1-4(17)5-9(15-13(24-3)16-10(5)21)14-11-7(19)6(18)8(20)12(22-2)23-11/h6-8,11-12,18-20H,1-3H3,(H2,14,15,16,21)/t6-,7+,8-,11-,12+/m0/s1. The molecule has 10 nitrogen and oxygen atoms in total. The number of aromatic amines is 1. The van der Waals surface area contributed by atoms with Crippen LogP contribution in [0.15, 0.2) is 9.95 Å². The lowest BCUT2D eigenvalue weighted by Crippen LogP contribution is -2.60. The number of rotatable bonds is 5. The number of aliphatic hydroxyl groups excluding tert-OH is 3. The van der Waals surface area contributed by atoms with Crippen LogP contribution >= 0.6 is 11.8 Å². The van der Waals surface area contributed by atoms with Gasteiger partial charge in [-0.3, -0.25) is 9.59 Å². The SMILES string of the molecule is CO[C@@H]1O[C@H](Nc2nc(SC)[nH]c(=O)c2C(C)=O)[C@H](O)[C@H](O)[C@@H]1O. The van der Waals surface area contributed by atoms with Crippen LogP contribution in [0.3, 0.4) is 0 Å². The number of nitrogens with one attached hydrogen (secondary N) is 2. The van der Waals surface area contributed by atoms with E-state index in [4.69, 9.17) is 9.47 Å². The van der Waals surface area contributed by atoms with E-state index >= 15 is 0 Å². The first kappa shape index (κ1) is 18.8. The summed E-state index contributed by atoms with van der Waals surface area (Å²) in [7, 11) is 1.26. The summed E-state index contributed by atoms with van der Waals surface area (Å²) in [4.78, 5) is 30.3. The molecule has 1 aliphatic heterocycles. The van der Waals surface area contributed by atoms with E-state index in [0.29, 0.717) is 0 Å². The molecule has 1 aromatic heterocycles. The molecule has 5 N–H and O–H groups in total. The highest BCUT2D eigenvalue weighted by molar-refractivity contribution is 7.98. The van der Waals surface area contributed by atoms with E-state index in [1.54, 1.807) is 6.26 Å². The second-order valence-corrected chi connectivity index (χ2v) is 5.93. The predicted molar refractivity (Wildman–Crippen MR) is 84.0 cm³/mol. The Bertz CT molecular complexity index is 665. The van der Waals surface area contributed by atoms with Gasteiger partial charge in [0, 0.05) is 7.11 Å². The highest BCUT2D eigenvalue weighted by Gasteiger charge is 2.44. The fourth-order valence-electron chi connectivity index (χ4n) is 2.28. The summed E-state index contributed by atoms with van der Waals surface area (Å²) in [5.74, 6) is -0.633. The molecule has 1 fully saturated rings. The number of anilines is 1. The minimum atomic E-state index is -1.55. The van der Waals surface area contributed by atoms with Crippen molar-refractivity contribution >= 4 is 23.4 Å². The van der Waals surface area contributed by atoms with Crippen LogP contribution in [0.2, 0.25) is 0 Å². The molecule has 2 rings (SSSR count). The maximum absolute atomic E-state index is 12.0. The Kier molecular flexibility index (Phi) is 5.96. The number of nitrogens with zero attached hydrogens (tertiary/aromatic N) is 1. The van der Waals surface area contributed by atoms with Gasteiger partial charge in [0.25, 0.3) is 5.56 Å². The molecular formula is C13H19N3O7S. The number of carbonyl (C=O) groups excluding carboxylic acids is 1. The molecule has 0 aliphatic carbocycles. The normalized spacial score (nSPS) is 30.2. The average Bonchev–Trinajstić information content (AvgIpc) is 2.54. The molecule has 0 bridgehead atoms. The van der Waals surface area contributed by atoms with Crippen LogP contribution in [0.4, 0.5) is 5.82 Å². The molecule has 5 atom stereocenters. The summed E-state index contributed by atoms with van der Waals surface area (Å²) in [6.45, 7) is 1.20. The molecule has 1 saturated heterocycles. The Hall–Kier alpha value is -1.50. The lowest BCUT2D eigenvalue weighted by atomic mass is 10.0. The Labute approximate surface area is 141 Å². The maximum Gasteiger partial charge on any atom is 0.264 e. The molecule has 0 spiro atoms. The van der Waals surface area contributed by atoms with Crippen molar-refractivity contribution in [3.8, 4) is 0 Å². The minimum absolute atomic E-state index is 0.0990. The number of aliphatic hydroxyl groups is 3. The number of aromatic nitrogens is 2. The third-order valence-electron chi connectivity index (χ3n) is 3.52. The van der Waals surface area contributed by atoms with Crippen LogP contribution in [-0.2, 0) is 9.47 Å². The van der Waals surface area contributed by atoms with E-state index in [9.17, 15) is 24.9 Å². The topological polar surface area (TPSA) is 154 Å². The van der Waals surface area contributed by atoms with Crippen LogP contribution < -0.4 is 10.9 Å². The van der Waals surface area contributed by atoms with Crippen molar-refractivity contribution in [2.75, 3.05) is 18.7 Å². The second kappa shape index (κ2) is 7.59. The highest BCUT2D eigenvalue weighted by Crippen LogP contribution is 2.24. The molecule has 0 amide bonds. The number of carbonyl (C=O) groups is 1. The molecule has 134 valence electrons. The molecule has 1 aromatic rings. The van der Waals surface area contributed by atoms with Gasteiger partial charge in [-0.1, -0.05) is 11.8 Å². The first-order valence-corrected chi connectivity index (χ1v) is 8.20. The lowest BCUT2D eigenvalue weighted by molar-refractivity contribution is -0.283. The highest BCUT2D eigenvalue weighted by atomic mass is 32.2. The van der Waals surface area contributed by atoms with Gasteiger partial charge in [0.2, 0.25) is 0 Å². The van der Waals surface area contributed by atoms with Gasteiger partial charge >= 0.3 is 0 Å². The molecule has 11 heteroatoms. The van der Waals surface area contributed by atoms with Crippen molar-refractivity contribution in [3.05, 3.63) is 15.9 Å². The molecule has 0 radical (unpaired) electrons. The quantitative estimate of drug-likeness (QED) is 0.238. The first-order chi connectivity index (χ1) is 11.3. The lowest BCUT2D eigenvalue weighted by Gasteiger charge is -2.40. The zero-order valence-corrected chi connectivity index (χ0v) is 14.0. The van der Waals surface area contributed by atoms with Gasteiger partial charge in [-0.05, 0) is 13.2 Å². The van der Waals surface area contributed by atoms with Gasteiger partial charge in [0.05, 0.1) is 0 Å². The first-order valence-electron chi connectivity index (χ1n) is 6.98. The van der Waals surface area contributed by atoms with Gasteiger partial charge in [0.15, 0.2) is 23.5 Å². The van der Waals surface area contributed by atoms with Crippen LogP contribution in [0.25, 0.3) is 0 Å². The molecular weight excluding hydrogens is 342 g/mol. The van der Waals surface area contributed by atoms with Crippen LogP contribution in [0.1, 0.15) is 17.3 Å². The number of Topliss-reactive ketones (excluding diaryl/α,β-unsaturated/α-hetero) is 1. The van der Waals surface area contributed by atoms with E-state index < -0.39 is 42.2 Å². The number of hydrogen-bond acceptors (Lipinski definition) is 10. The molecule has 0 saturated carbocycles. The van der Waals surface area contributed by atoms with E-state index in [0.717, 1.165) is 11.8 Å². The zero-order chi connectivity index (χ0) is 18.0. The van der Waals surface area contributed by atoms with Gasteiger partial charge in [0.1, 0.15) is 29.7 Å². The van der Waals surface area contributed by atoms with Gasteiger partial charge in [-0.2, -0.15) is 0 Å². The van der Waals surface area contributed by atoms with Crippen molar-refractivity contribution < 1.29 is 29.6 Å². The van der Waals surface area contributed by atoms with E-state index in [-0.39, 0.29) is 16.5 Å². The van der Waals surface area contributed by atoms with Crippen molar-refractivity contribution in [1.82, 2.24) is 9.97 Å². The summed E-state index contributed by atoms with van der Waals surface area (Å²) < 4.78 is 10.2. The van der Waals surface area contributed by atoms with E-state index in [2.05, 4.69) is 15.3 Å². The molecule has 1 aliphatic rings. The number of methoxy groups -OCH3 is 1. The summed E-state index contributed by atoms with van der Waals surface area (Å²) in [6.07, 6.45) is -5.32. The largest absolute Gasteiger partial charge is 0.387 e. The third-order valence-corrected chi connectivity index (χ3v) is 4.10. The average molecular weight is 361 g/mol. The van der Waals surface area contributed by atoms with Gasteiger partial charge in [-0.15, -0.1) is 0 Å². The molecule has 2 heterocycles. The third kappa shape index (κ3) is 3.61. The fourth-order valence-corrected chi connectivity index (χ4v) is 2.65. The Balaban J connectivity index is 2.37. The summed E-state index contributed by atoms with van der Waals surface area (Å²) >= 11 is 1.15. The smallest absolute Gasteiger partial charge is 0.264 e. The van der Waals surface area contributed by atoms with Crippen molar-refractivity contribution in [3.63, 3.8) is 0 Å². The number of ether oxygens (including phenoxy) is 2. The van der Waals surface area contributed by atoms with Crippen molar-refractivity contribution in [2.24, 2.45) is 0 Å². The van der Waals surface area contributed by atoms with Gasteiger partial charge < -0.3 is 35.1 Å². The van der Waals surface area contributed by atoms with E-state index in [1.807, 2.05) is 0 Å². The monoisotopic (exact) mass is 361 g/mol. The Morgan fingerprint density at radius 1 is 1.33 bits per heavy atom. The summed E-state index contributed by atoms with van der Waals surface area (Å²) in [5, 5.41) is 32.5. The Morgan fingerprint density at radius 2 is 2.00 bits per heavy atom. The number of thioether (sulfide) groups is 1. The maximum atomic E-state index is 12.0. The second-order valence-electron chi connectivity index (χ2n) is 5.13. The molecule has 0 unspecified atom stereocenters. The number of ketones is 1. The summed E-state index contributed by atoms with van der Waals surface area (Å²) in [5.41, 5.74) is -0.878. The fraction of sp³-hybridized carbons (Fsp3) is 0.615. The molecule has 0 aromatic carbocycles. The van der Waals surface area contributed by atoms with Crippen LogP contribution in [0, 0.1) is 0 Å². The van der Waals surface area contributed by atoms with E-state index in [1.165, 1.54) is 14.0 Å². The predicted octanol–water partition coefficient (Wildman–Crippen LogP) is -1.48. The zero-order valence-electron chi connectivity index (χ0n) is 13.2.